The highest BCUT2D eigenvalue weighted by molar-refractivity contribution is 8.00. The number of carbonyl (C=O) groups excluding carboxylic acids is 2. The van der Waals surface area contributed by atoms with E-state index < -0.39 is 40.9 Å². The van der Waals surface area contributed by atoms with E-state index in [9.17, 15) is 31.5 Å². The Morgan fingerprint density at radius 1 is 0.968 bits per heavy atom. The van der Waals surface area contributed by atoms with E-state index in [0.29, 0.717) is 6.07 Å². The van der Waals surface area contributed by atoms with Crippen molar-refractivity contribution >= 4 is 35.0 Å². The third kappa shape index (κ3) is 5.85. The van der Waals surface area contributed by atoms with E-state index in [1.54, 1.807) is 0 Å². The molecule has 0 spiro atoms. The number of carbonyl (C=O) groups is 2. The molecule has 0 radical (unpaired) electrons. The monoisotopic (exact) mass is 456 g/mol. The zero-order chi connectivity index (χ0) is 22.6. The molecule has 0 aliphatic carbocycles. The maximum Gasteiger partial charge on any atom is 0.418 e. The molecule has 2 N–H and O–H groups in total. The lowest BCUT2D eigenvalue weighted by Gasteiger charge is -2.15. The van der Waals surface area contributed by atoms with E-state index in [4.69, 9.17) is 4.42 Å². The van der Waals surface area contributed by atoms with Crippen molar-refractivity contribution in [3.63, 3.8) is 0 Å². The van der Waals surface area contributed by atoms with Crippen molar-refractivity contribution in [1.82, 2.24) is 0 Å². The summed E-state index contributed by atoms with van der Waals surface area (Å²) in [5.41, 5.74) is -1.68. The minimum atomic E-state index is -4.81. The number of nitrogens with one attached hydrogen (secondary N) is 2. The quantitative estimate of drug-likeness (QED) is 0.376. The van der Waals surface area contributed by atoms with E-state index in [1.807, 2.05) is 0 Å². The van der Waals surface area contributed by atoms with Gasteiger partial charge in [-0.15, -0.1) is 11.8 Å². The van der Waals surface area contributed by atoms with Crippen molar-refractivity contribution in [3.8, 4) is 0 Å². The molecule has 5 nitrogen and oxygen atoms in total. The third-order valence-electron chi connectivity index (χ3n) is 3.90. The topological polar surface area (TPSA) is 71.3 Å². The highest BCUT2D eigenvalue weighted by Crippen LogP contribution is 2.37. The molecule has 0 bridgehead atoms. The largest absolute Gasteiger partial charge is 0.472 e. The van der Waals surface area contributed by atoms with Gasteiger partial charge in [0.1, 0.15) is 6.26 Å². The second kappa shape index (κ2) is 9.21. The van der Waals surface area contributed by atoms with Crippen LogP contribution in [0, 0.1) is 11.6 Å². The third-order valence-corrected chi connectivity index (χ3v) is 4.90. The fourth-order valence-corrected chi connectivity index (χ4v) is 3.19. The second-order valence-electron chi connectivity index (χ2n) is 6.14. The minimum Gasteiger partial charge on any atom is -0.472 e. The molecular formula is C20H13F5N2O3S. The fourth-order valence-electron chi connectivity index (χ4n) is 2.46. The van der Waals surface area contributed by atoms with E-state index in [0.717, 1.165) is 36.2 Å². The second-order valence-corrected chi connectivity index (χ2v) is 7.19. The Labute approximate surface area is 176 Å². The van der Waals surface area contributed by atoms with Gasteiger partial charge in [0.15, 0.2) is 11.6 Å². The zero-order valence-corrected chi connectivity index (χ0v) is 16.2. The van der Waals surface area contributed by atoms with E-state index in [1.165, 1.54) is 24.5 Å². The average molecular weight is 456 g/mol. The Morgan fingerprint density at radius 2 is 1.74 bits per heavy atom. The van der Waals surface area contributed by atoms with Gasteiger partial charge in [-0.25, -0.2) is 8.78 Å². The molecule has 0 saturated carbocycles. The zero-order valence-electron chi connectivity index (χ0n) is 15.4. The molecule has 1 aromatic heterocycles. The number of thioether (sulfide) groups is 1. The number of amides is 2. The molecule has 11 heteroatoms. The number of hydrogen-bond acceptors (Lipinski definition) is 4. The summed E-state index contributed by atoms with van der Waals surface area (Å²) in [6, 6.07) is 7.25. The Hall–Kier alpha value is -3.34. The molecule has 31 heavy (non-hydrogen) atoms. The normalized spacial score (nSPS) is 11.3. The number of hydrogen-bond donors (Lipinski definition) is 2. The SMILES string of the molecule is O=C(CSc1ccc(F)c(F)c1)Nc1ccc(NC(=O)c2ccoc2)cc1C(F)(F)F. The lowest BCUT2D eigenvalue weighted by molar-refractivity contribution is -0.136. The van der Waals surface area contributed by atoms with Gasteiger partial charge in [-0.3, -0.25) is 9.59 Å². The average Bonchev–Trinajstić information content (AvgIpc) is 3.24. The van der Waals surface area contributed by atoms with Crippen LogP contribution in [-0.4, -0.2) is 17.6 Å². The predicted molar refractivity (Wildman–Crippen MR) is 104 cm³/mol. The van der Waals surface area contributed by atoms with Crippen LogP contribution in [0.2, 0.25) is 0 Å². The molecular weight excluding hydrogens is 443 g/mol. The van der Waals surface area contributed by atoms with Gasteiger partial charge in [0.25, 0.3) is 5.91 Å². The number of halogens is 5. The lowest BCUT2D eigenvalue weighted by atomic mass is 10.1. The molecule has 0 unspecified atom stereocenters. The molecule has 2 aromatic carbocycles. The molecule has 0 saturated heterocycles. The van der Waals surface area contributed by atoms with Crippen molar-refractivity contribution in [1.29, 1.82) is 0 Å². The summed E-state index contributed by atoms with van der Waals surface area (Å²) < 4.78 is 71.3. The van der Waals surface area contributed by atoms with Gasteiger partial charge in [-0.1, -0.05) is 0 Å². The fraction of sp³-hybridized carbons (Fsp3) is 0.100. The molecule has 0 aliphatic rings. The van der Waals surface area contributed by atoms with Gasteiger partial charge in [0.05, 0.1) is 28.8 Å². The first-order valence-corrected chi connectivity index (χ1v) is 9.54. The molecule has 2 amide bonds. The molecule has 3 aromatic rings. The number of benzene rings is 2. The summed E-state index contributed by atoms with van der Waals surface area (Å²) in [4.78, 5) is 24.3. The van der Waals surface area contributed by atoms with Crippen LogP contribution >= 0.6 is 11.8 Å². The molecule has 162 valence electrons. The van der Waals surface area contributed by atoms with Crippen LogP contribution in [0.15, 0.2) is 64.3 Å². The van der Waals surface area contributed by atoms with Crippen LogP contribution in [0.25, 0.3) is 0 Å². The Balaban J connectivity index is 1.71. The first-order chi connectivity index (χ1) is 14.6. The first-order valence-electron chi connectivity index (χ1n) is 8.56. The summed E-state index contributed by atoms with van der Waals surface area (Å²) >= 11 is 0.828. The van der Waals surface area contributed by atoms with Crippen molar-refractivity contribution in [2.24, 2.45) is 0 Å². The van der Waals surface area contributed by atoms with E-state index >= 15 is 0 Å². The minimum absolute atomic E-state index is 0.125. The number of alkyl halides is 3. The maximum atomic E-state index is 13.5. The van der Waals surface area contributed by atoms with Gasteiger partial charge in [0, 0.05) is 10.6 Å². The van der Waals surface area contributed by atoms with Gasteiger partial charge < -0.3 is 15.1 Å². The van der Waals surface area contributed by atoms with Crippen LogP contribution in [0.1, 0.15) is 15.9 Å². The van der Waals surface area contributed by atoms with Crippen LogP contribution in [-0.2, 0) is 11.0 Å². The van der Waals surface area contributed by atoms with Crippen molar-refractivity contribution in [3.05, 3.63) is 77.8 Å². The Bertz CT molecular complexity index is 1100. The van der Waals surface area contributed by atoms with Crippen LogP contribution < -0.4 is 10.6 Å². The van der Waals surface area contributed by atoms with E-state index in [-0.39, 0.29) is 21.9 Å². The van der Waals surface area contributed by atoms with Crippen molar-refractivity contribution in [2.45, 2.75) is 11.1 Å². The Kier molecular flexibility index (Phi) is 6.64. The summed E-state index contributed by atoms with van der Waals surface area (Å²) in [6.07, 6.45) is -2.43. The molecule has 0 aliphatic heterocycles. The predicted octanol–water partition coefficient (Wildman–Crippen LogP) is 5.56. The highest BCUT2D eigenvalue weighted by Gasteiger charge is 2.34. The highest BCUT2D eigenvalue weighted by atomic mass is 32.2. The lowest BCUT2D eigenvalue weighted by Crippen LogP contribution is -2.19. The first kappa shape index (κ1) is 22.3. The molecule has 0 fully saturated rings. The van der Waals surface area contributed by atoms with Gasteiger partial charge in [-0.2, -0.15) is 13.2 Å². The molecule has 3 rings (SSSR count). The smallest absolute Gasteiger partial charge is 0.418 e. The van der Waals surface area contributed by atoms with Crippen molar-refractivity contribution < 1.29 is 36.0 Å². The molecule has 1 heterocycles. The van der Waals surface area contributed by atoms with Crippen molar-refractivity contribution in [2.75, 3.05) is 16.4 Å². The van der Waals surface area contributed by atoms with Gasteiger partial charge in [0.2, 0.25) is 5.91 Å². The van der Waals surface area contributed by atoms with Crippen LogP contribution in [0.5, 0.6) is 0 Å². The summed E-state index contributed by atoms with van der Waals surface area (Å²) in [7, 11) is 0. The van der Waals surface area contributed by atoms with Crippen LogP contribution in [0.3, 0.4) is 0 Å². The maximum absolute atomic E-state index is 13.5. The number of furan rings is 1. The summed E-state index contributed by atoms with van der Waals surface area (Å²) in [5.74, 6) is -3.93. The van der Waals surface area contributed by atoms with Crippen LogP contribution in [0.4, 0.5) is 33.3 Å². The van der Waals surface area contributed by atoms with Gasteiger partial charge in [-0.05, 0) is 42.5 Å². The van der Waals surface area contributed by atoms with Gasteiger partial charge >= 0.3 is 6.18 Å². The summed E-state index contributed by atoms with van der Waals surface area (Å²) in [6.45, 7) is 0. The molecule has 0 atom stereocenters. The number of rotatable bonds is 6. The van der Waals surface area contributed by atoms with E-state index in [2.05, 4.69) is 10.6 Å². The Morgan fingerprint density at radius 3 is 2.39 bits per heavy atom. The summed E-state index contributed by atoms with van der Waals surface area (Å²) in [5, 5.41) is 4.46. The number of anilines is 2. The standard InChI is InChI=1S/C20H13F5N2O3S/c21-15-3-2-13(8-16(15)22)31-10-18(28)27-17-4-1-12(7-14(17)20(23,24)25)26-19(29)11-5-6-30-9-11/h1-9H,10H2,(H,26,29)(H,27,28).